The van der Waals surface area contributed by atoms with Crippen molar-refractivity contribution in [3.05, 3.63) is 59.2 Å². The molecule has 0 radical (unpaired) electrons. The molecule has 0 aliphatic heterocycles. The quantitative estimate of drug-likeness (QED) is 0.631. The van der Waals surface area contributed by atoms with E-state index in [1.54, 1.807) is 18.2 Å². The van der Waals surface area contributed by atoms with E-state index >= 15 is 0 Å². The van der Waals surface area contributed by atoms with Crippen LogP contribution in [0.25, 0.3) is 0 Å². The van der Waals surface area contributed by atoms with Crippen molar-refractivity contribution >= 4 is 11.6 Å². The third kappa shape index (κ3) is 4.47. The molecule has 6 heteroatoms. The Bertz CT molecular complexity index is 772. The number of alkyl halides is 2. The molecule has 2 aromatic rings. The molecule has 3 rings (SSSR count). The number of nitrogens with one attached hydrogen (secondary N) is 1. The topological polar surface area (TPSA) is 59.6 Å². The Hall–Kier alpha value is -2.63. The number of anilines is 1. The van der Waals surface area contributed by atoms with E-state index in [1.807, 2.05) is 32.0 Å². The minimum atomic E-state index is -2.84. The van der Waals surface area contributed by atoms with E-state index < -0.39 is 6.61 Å². The van der Waals surface area contributed by atoms with Gasteiger partial charge in [0.25, 0.3) is 0 Å². The molecule has 0 saturated heterocycles. The molecule has 0 amide bonds. The van der Waals surface area contributed by atoms with E-state index in [4.69, 9.17) is 5.73 Å². The van der Waals surface area contributed by atoms with E-state index in [0.717, 1.165) is 28.8 Å². The van der Waals surface area contributed by atoms with E-state index in [9.17, 15) is 8.78 Å². The lowest BCUT2D eigenvalue weighted by molar-refractivity contribution is -0.0504. The highest BCUT2D eigenvalue weighted by Gasteiger charge is 2.40. The van der Waals surface area contributed by atoms with Gasteiger partial charge in [0, 0.05) is 11.6 Å². The number of guanidine groups is 1. The first-order valence-corrected chi connectivity index (χ1v) is 8.14. The minimum Gasteiger partial charge on any atom is -0.435 e. The maximum atomic E-state index is 12.5. The Kier molecular flexibility index (Phi) is 4.88. The largest absolute Gasteiger partial charge is 0.435 e. The summed E-state index contributed by atoms with van der Waals surface area (Å²) < 4.78 is 29.6. The molecule has 1 fully saturated rings. The number of para-hydroxylation sites is 1. The summed E-state index contributed by atoms with van der Waals surface area (Å²) in [6.45, 7) is 1.20. The first kappa shape index (κ1) is 17.2. The molecule has 1 aliphatic rings. The maximum Gasteiger partial charge on any atom is 0.387 e. The number of nitrogens with zero attached hydrogens (tertiary/aromatic N) is 1. The zero-order valence-electron chi connectivity index (χ0n) is 14.2. The molecule has 132 valence electrons. The van der Waals surface area contributed by atoms with Crippen molar-refractivity contribution in [2.24, 2.45) is 10.7 Å². The number of aryl methyl sites for hydroxylation is 2. The Morgan fingerprint density at radius 2 is 1.88 bits per heavy atom. The second-order valence-corrected chi connectivity index (χ2v) is 6.34. The van der Waals surface area contributed by atoms with Crippen LogP contribution in [0.5, 0.6) is 5.75 Å². The zero-order valence-corrected chi connectivity index (χ0v) is 14.2. The number of hydrogen-bond acceptors (Lipinski definition) is 2. The summed E-state index contributed by atoms with van der Waals surface area (Å²) in [6, 6.07) is 12.9. The Balaban J connectivity index is 1.68. The predicted octanol–water partition coefficient (Wildman–Crippen LogP) is 4.19. The molecule has 0 heterocycles. The second-order valence-electron chi connectivity index (χ2n) is 6.34. The SMILES string of the molecule is Cc1cc(C)cc(NC(N)=N[C@H]2C[C@@H]2c2ccccc2OC(F)F)c1. The van der Waals surface area contributed by atoms with E-state index in [0.29, 0.717) is 5.96 Å². The first-order chi connectivity index (χ1) is 11.9. The normalized spacial score (nSPS) is 19.8. The van der Waals surface area contributed by atoms with Crippen LogP contribution in [0.2, 0.25) is 0 Å². The van der Waals surface area contributed by atoms with Crippen LogP contribution in [0.15, 0.2) is 47.5 Å². The summed E-state index contributed by atoms with van der Waals surface area (Å²) in [7, 11) is 0. The zero-order chi connectivity index (χ0) is 18.0. The van der Waals surface area contributed by atoms with Gasteiger partial charge in [0.2, 0.25) is 0 Å². The Morgan fingerprint density at radius 3 is 2.56 bits per heavy atom. The van der Waals surface area contributed by atoms with Crippen LogP contribution < -0.4 is 15.8 Å². The number of aliphatic imine (C=N–C) groups is 1. The van der Waals surface area contributed by atoms with Gasteiger partial charge in [-0.15, -0.1) is 0 Å². The van der Waals surface area contributed by atoms with Gasteiger partial charge in [-0.3, -0.25) is 0 Å². The van der Waals surface area contributed by atoms with Crippen LogP contribution in [0.4, 0.5) is 14.5 Å². The number of nitrogens with two attached hydrogens (primary N) is 1. The van der Waals surface area contributed by atoms with Crippen molar-refractivity contribution in [3.8, 4) is 5.75 Å². The first-order valence-electron chi connectivity index (χ1n) is 8.14. The van der Waals surface area contributed by atoms with Gasteiger partial charge in [-0.25, -0.2) is 4.99 Å². The molecule has 0 bridgehead atoms. The van der Waals surface area contributed by atoms with Gasteiger partial charge >= 0.3 is 6.61 Å². The molecule has 1 saturated carbocycles. The van der Waals surface area contributed by atoms with Gasteiger partial charge in [0.1, 0.15) is 5.75 Å². The third-order valence-electron chi connectivity index (χ3n) is 4.09. The van der Waals surface area contributed by atoms with Crippen LogP contribution in [0, 0.1) is 13.8 Å². The highest BCUT2D eigenvalue weighted by Crippen LogP contribution is 2.47. The Morgan fingerprint density at radius 1 is 1.20 bits per heavy atom. The Labute approximate surface area is 145 Å². The summed E-state index contributed by atoms with van der Waals surface area (Å²) >= 11 is 0. The lowest BCUT2D eigenvalue weighted by Crippen LogP contribution is -2.23. The molecule has 25 heavy (non-hydrogen) atoms. The van der Waals surface area contributed by atoms with E-state index in [-0.39, 0.29) is 17.7 Å². The van der Waals surface area contributed by atoms with Crippen LogP contribution in [-0.2, 0) is 0 Å². The number of ether oxygens (including phenoxy) is 1. The standard InChI is InChI=1S/C19H21F2N3O/c1-11-7-12(2)9-13(8-11)23-19(22)24-16-10-15(16)14-5-3-4-6-17(14)25-18(20)21/h3-9,15-16,18H,10H2,1-2H3,(H3,22,23,24)/t15-,16+/m1/s1. The van der Waals surface area contributed by atoms with Gasteiger partial charge in [0.05, 0.1) is 6.04 Å². The molecule has 3 N–H and O–H groups in total. The van der Waals surface area contributed by atoms with Crippen molar-refractivity contribution < 1.29 is 13.5 Å². The maximum absolute atomic E-state index is 12.5. The van der Waals surface area contributed by atoms with Crippen LogP contribution in [-0.4, -0.2) is 18.6 Å². The average Bonchev–Trinajstić information content (AvgIpc) is 3.24. The number of hydrogen-bond donors (Lipinski definition) is 2. The highest BCUT2D eigenvalue weighted by atomic mass is 19.3. The average molecular weight is 345 g/mol. The minimum absolute atomic E-state index is 0.0270. The molecule has 0 aromatic heterocycles. The van der Waals surface area contributed by atoms with Crippen LogP contribution >= 0.6 is 0 Å². The summed E-state index contributed by atoms with van der Waals surface area (Å²) in [5.41, 5.74) is 9.90. The number of halogens is 2. The van der Waals surface area contributed by atoms with Crippen LogP contribution in [0.1, 0.15) is 29.0 Å². The number of benzene rings is 2. The summed E-state index contributed by atoms with van der Waals surface area (Å²) in [4.78, 5) is 4.46. The molecule has 2 atom stereocenters. The van der Waals surface area contributed by atoms with Crippen LogP contribution in [0.3, 0.4) is 0 Å². The van der Waals surface area contributed by atoms with Gasteiger partial charge in [0.15, 0.2) is 5.96 Å². The second kappa shape index (κ2) is 7.09. The molecular weight excluding hydrogens is 324 g/mol. The molecule has 4 nitrogen and oxygen atoms in total. The lowest BCUT2D eigenvalue weighted by Gasteiger charge is -2.10. The highest BCUT2D eigenvalue weighted by molar-refractivity contribution is 5.92. The fourth-order valence-corrected chi connectivity index (χ4v) is 3.05. The molecule has 0 unspecified atom stereocenters. The van der Waals surface area contributed by atoms with Gasteiger partial charge < -0.3 is 15.8 Å². The van der Waals surface area contributed by atoms with Gasteiger partial charge in [-0.1, -0.05) is 24.3 Å². The summed E-state index contributed by atoms with van der Waals surface area (Å²) in [5.74, 6) is 0.584. The van der Waals surface area contributed by atoms with Crippen molar-refractivity contribution in [3.63, 3.8) is 0 Å². The summed E-state index contributed by atoms with van der Waals surface area (Å²) in [6.07, 6.45) is 0.763. The van der Waals surface area contributed by atoms with E-state index in [1.165, 1.54) is 0 Å². The monoisotopic (exact) mass is 345 g/mol. The molecule has 1 aliphatic carbocycles. The van der Waals surface area contributed by atoms with Gasteiger partial charge in [-0.05, 0) is 55.2 Å². The van der Waals surface area contributed by atoms with Crippen molar-refractivity contribution in [2.45, 2.75) is 38.8 Å². The molecule has 2 aromatic carbocycles. The number of rotatable bonds is 5. The van der Waals surface area contributed by atoms with Gasteiger partial charge in [-0.2, -0.15) is 8.78 Å². The summed E-state index contributed by atoms with van der Waals surface area (Å²) in [5, 5.41) is 3.09. The lowest BCUT2D eigenvalue weighted by atomic mass is 10.1. The fourth-order valence-electron chi connectivity index (χ4n) is 3.05. The smallest absolute Gasteiger partial charge is 0.387 e. The van der Waals surface area contributed by atoms with Crippen molar-refractivity contribution in [2.75, 3.05) is 5.32 Å². The third-order valence-corrected chi connectivity index (χ3v) is 4.09. The molecular formula is C19H21F2N3O. The van der Waals surface area contributed by atoms with Crippen molar-refractivity contribution in [1.82, 2.24) is 0 Å². The van der Waals surface area contributed by atoms with E-state index in [2.05, 4.69) is 21.1 Å². The predicted molar refractivity (Wildman–Crippen MR) is 95.4 cm³/mol. The fraction of sp³-hybridized carbons (Fsp3) is 0.316. The molecule has 0 spiro atoms. The van der Waals surface area contributed by atoms with Crippen molar-refractivity contribution in [1.29, 1.82) is 0 Å².